The molecule has 5 aliphatic heterocycles. The Morgan fingerprint density at radius 3 is 2.39 bits per heavy atom. The van der Waals surface area contributed by atoms with Gasteiger partial charge in [0.1, 0.15) is 29.1 Å². The Balaban J connectivity index is 0.716. The van der Waals surface area contributed by atoms with Gasteiger partial charge in [0.15, 0.2) is 0 Å². The van der Waals surface area contributed by atoms with Gasteiger partial charge in [-0.1, -0.05) is 26.8 Å². The third kappa shape index (κ3) is 7.88. The fraction of sp³-hybridized carbons (Fsp3) is 0.434. The molecule has 3 fully saturated rings. The van der Waals surface area contributed by atoms with Crippen LogP contribution >= 0.6 is 0 Å². The summed E-state index contributed by atoms with van der Waals surface area (Å²) in [7, 11) is 1.69. The maximum absolute atomic E-state index is 14.0. The molecule has 17 nitrogen and oxygen atoms in total. The van der Waals surface area contributed by atoms with E-state index in [0.29, 0.717) is 64.3 Å². The van der Waals surface area contributed by atoms with E-state index >= 15 is 0 Å². The Bertz CT molecular complexity index is 3080. The Morgan fingerprint density at radius 1 is 0.829 bits per heavy atom. The topological polar surface area (TPSA) is 195 Å². The maximum Gasteiger partial charge on any atom is 0.276 e. The minimum Gasteiger partial charge on any atom is -0.392 e. The van der Waals surface area contributed by atoms with E-state index in [1.54, 1.807) is 48.6 Å². The summed E-state index contributed by atoms with van der Waals surface area (Å²) in [5.41, 5.74) is 7.79. The van der Waals surface area contributed by atoms with Gasteiger partial charge in [0, 0.05) is 87.3 Å². The molecule has 11 rings (SSSR count). The molecular weight excluding hydrogens is 889 g/mol. The molecule has 2 atom stereocenters. The van der Waals surface area contributed by atoms with Gasteiger partial charge in [0.05, 0.1) is 17.7 Å². The normalized spacial score (nSPS) is 21.8. The van der Waals surface area contributed by atoms with Crippen molar-refractivity contribution in [3.63, 3.8) is 0 Å². The van der Waals surface area contributed by atoms with Crippen molar-refractivity contribution in [2.24, 2.45) is 18.4 Å². The summed E-state index contributed by atoms with van der Waals surface area (Å²) >= 11 is 0. The minimum atomic E-state index is -0.989. The third-order valence-corrected chi connectivity index (χ3v) is 15.8. The lowest BCUT2D eigenvalue weighted by Crippen LogP contribution is -2.54. The molecule has 4 aromatic heterocycles. The maximum atomic E-state index is 14.0. The van der Waals surface area contributed by atoms with Crippen LogP contribution in [0.4, 0.5) is 23.0 Å². The first-order valence-corrected chi connectivity index (χ1v) is 24.5. The van der Waals surface area contributed by atoms with Crippen LogP contribution in [0.2, 0.25) is 0 Å². The monoisotopic (exact) mass is 946 g/mol. The average molecular weight is 947 g/mol. The highest BCUT2D eigenvalue weighted by atomic mass is 16.3. The predicted octanol–water partition coefficient (Wildman–Crippen LogP) is 4.95. The average Bonchev–Trinajstić information content (AvgIpc) is 4.09. The van der Waals surface area contributed by atoms with Crippen molar-refractivity contribution in [3.8, 4) is 11.1 Å². The number of amides is 5. The van der Waals surface area contributed by atoms with Gasteiger partial charge in [-0.3, -0.25) is 43.9 Å². The van der Waals surface area contributed by atoms with E-state index in [1.165, 1.54) is 15.8 Å². The quantitative estimate of drug-likeness (QED) is 0.160. The van der Waals surface area contributed by atoms with E-state index in [4.69, 9.17) is 4.98 Å². The number of hydrogen-bond donors (Lipinski definition) is 3. The van der Waals surface area contributed by atoms with Crippen LogP contribution in [0.25, 0.3) is 11.1 Å². The number of imide groups is 2. The summed E-state index contributed by atoms with van der Waals surface area (Å²) in [6.07, 6.45) is 10.3. The van der Waals surface area contributed by atoms with Crippen LogP contribution in [0.3, 0.4) is 0 Å². The van der Waals surface area contributed by atoms with Crippen LogP contribution in [0.15, 0.2) is 71.9 Å². The lowest BCUT2D eigenvalue weighted by molar-refractivity contribution is -0.136. The largest absolute Gasteiger partial charge is 0.392 e. The van der Waals surface area contributed by atoms with Crippen molar-refractivity contribution >= 4 is 52.5 Å². The zero-order valence-corrected chi connectivity index (χ0v) is 40.1. The molecule has 0 bridgehead atoms. The molecular formula is C53H58N10O7. The van der Waals surface area contributed by atoms with Crippen molar-refractivity contribution < 1.29 is 29.1 Å². The first kappa shape index (κ1) is 45.5. The van der Waals surface area contributed by atoms with Crippen molar-refractivity contribution in [1.82, 2.24) is 34.2 Å². The van der Waals surface area contributed by atoms with Gasteiger partial charge in [0.2, 0.25) is 11.8 Å². The summed E-state index contributed by atoms with van der Waals surface area (Å²) in [5, 5.41) is 16.3. The van der Waals surface area contributed by atoms with Crippen molar-refractivity contribution in [1.29, 1.82) is 0 Å². The molecule has 0 saturated carbocycles. The SMILES string of the molecule is Cn1cc(-c2ccnc(N3CCn4c(cc5c4CC(C)(C)C5)C3=O)c2CO)cc(Nc2ccc(C3(C)CCN(C[C@@H]4CCN(c5ccc6c(c5)C(=O)N(C5CCC(=O)NC5=O)C6=O)C4)CC3)cn2)c1=O. The number of carbonyl (C=O) groups excluding carboxylic acids is 5. The van der Waals surface area contributed by atoms with E-state index < -0.39 is 29.7 Å². The number of aliphatic hydroxyl groups is 1. The number of benzene rings is 1. The number of nitrogens with zero attached hydrogens (tertiary/aromatic N) is 8. The first-order valence-electron chi connectivity index (χ1n) is 24.5. The number of likely N-dealkylation sites (tertiary alicyclic amines) is 1. The van der Waals surface area contributed by atoms with Crippen molar-refractivity contribution in [2.75, 3.05) is 54.4 Å². The molecule has 17 heteroatoms. The standard InChI is InChI=1S/C53H58N10O7/c1-52(2)24-32-22-42-51(70)62(20-19-61(42)43(32)25-52)46-39(30-64)36(11-15-54-46)33-21-40(50(69)58(4)29-33)56-44-9-5-34(26-55-44)53(3)13-17-59(18-14-53)27-31-12-16-60(28-31)35-6-7-37-38(23-35)49(68)63(48(37)67)41-8-10-45(65)57-47(41)66/h5-7,9,11,15,21-23,26,29,31,41,64H,8,10,12-14,16-20,24-25,27-28,30H2,1-4H3,(H,55,56)(H,57,65,66)/t31-,41?/m0/s1. The van der Waals surface area contributed by atoms with Gasteiger partial charge in [-0.25, -0.2) is 9.97 Å². The lowest BCUT2D eigenvalue weighted by atomic mass is 9.75. The second kappa shape index (κ2) is 17.2. The number of aromatic nitrogens is 4. The molecule has 1 aliphatic carbocycles. The summed E-state index contributed by atoms with van der Waals surface area (Å²) in [4.78, 5) is 95.3. The number of aryl methyl sites for hydroxylation is 1. The zero-order valence-electron chi connectivity index (χ0n) is 40.1. The zero-order chi connectivity index (χ0) is 48.8. The Hall–Kier alpha value is -6.98. The molecule has 6 aliphatic rings. The molecule has 9 heterocycles. The highest BCUT2D eigenvalue weighted by Crippen LogP contribution is 2.41. The van der Waals surface area contributed by atoms with Crippen LogP contribution < -0.4 is 26.0 Å². The van der Waals surface area contributed by atoms with Gasteiger partial charge in [0.25, 0.3) is 23.3 Å². The second-order valence-electron chi connectivity index (χ2n) is 21.2. The highest BCUT2D eigenvalue weighted by molar-refractivity contribution is 6.23. The van der Waals surface area contributed by atoms with E-state index in [1.807, 2.05) is 24.4 Å². The summed E-state index contributed by atoms with van der Waals surface area (Å²) in [6.45, 7) is 12.0. The second-order valence-corrected chi connectivity index (χ2v) is 21.2. The molecule has 5 aromatic rings. The Morgan fingerprint density at radius 2 is 1.63 bits per heavy atom. The predicted molar refractivity (Wildman–Crippen MR) is 262 cm³/mol. The Labute approximate surface area is 405 Å². The summed E-state index contributed by atoms with van der Waals surface area (Å²) in [5.74, 6) is -0.758. The Kier molecular flexibility index (Phi) is 11.1. The number of pyridine rings is 3. The fourth-order valence-electron chi connectivity index (χ4n) is 11.9. The minimum absolute atomic E-state index is 0.0779. The first-order chi connectivity index (χ1) is 33.6. The molecule has 5 amide bonds. The molecule has 3 saturated heterocycles. The van der Waals surface area contributed by atoms with Crippen LogP contribution in [-0.2, 0) is 48.0 Å². The number of carbonyl (C=O) groups is 5. The lowest BCUT2D eigenvalue weighted by Gasteiger charge is -2.40. The van der Waals surface area contributed by atoms with Gasteiger partial charge in [-0.2, -0.15) is 0 Å². The van der Waals surface area contributed by atoms with Crippen LogP contribution in [0, 0.1) is 11.3 Å². The molecule has 70 heavy (non-hydrogen) atoms. The number of anilines is 4. The van der Waals surface area contributed by atoms with Crippen molar-refractivity contribution in [3.05, 3.63) is 117 Å². The number of hydrogen-bond acceptors (Lipinski definition) is 12. The molecule has 1 aromatic carbocycles. The molecule has 362 valence electrons. The smallest absolute Gasteiger partial charge is 0.276 e. The number of piperidine rings is 2. The van der Waals surface area contributed by atoms with E-state index in [0.717, 1.165) is 81.0 Å². The fourth-order valence-corrected chi connectivity index (χ4v) is 11.9. The number of aliphatic hydroxyl groups excluding tert-OH is 1. The van der Waals surface area contributed by atoms with E-state index in [-0.39, 0.29) is 47.3 Å². The molecule has 1 unspecified atom stereocenters. The highest BCUT2D eigenvalue weighted by Gasteiger charge is 2.45. The molecule has 3 N–H and O–H groups in total. The summed E-state index contributed by atoms with van der Waals surface area (Å²) in [6, 6.07) is 14.0. The molecule has 0 radical (unpaired) electrons. The van der Waals surface area contributed by atoms with E-state index in [2.05, 4.69) is 56.8 Å². The molecule has 0 spiro atoms. The van der Waals surface area contributed by atoms with Crippen LogP contribution in [0.5, 0.6) is 0 Å². The van der Waals surface area contributed by atoms with E-state index in [9.17, 15) is 33.9 Å². The number of nitrogens with one attached hydrogen (secondary N) is 2. The van der Waals surface area contributed by atoms with Gasteiger partial charge in [-0.15, -0.1) is 0 Å². The van der Waals surface area contributed by atoms with Crippen molar-refractivity contribution in [2.45, 2.75) is 90.3 Å². The van der Waals surface area contributed by atoms with Gasteiger partial charge < -0.3 is 29.4 Å². The third-order valence-electron chi connectivity index (χ3n) is 15.8. The number of rotatable bonds is 10. The van der Waals surface area contributed by atoms with Gasteiger partial charge >= 0.3 is 0 Å². The number of fused-ring (bicyclic) bond motifs is 4. The van der Waals surface area contributed by atoms with Crippen LogP contribution in [0.1, 0.15) is 106 Å². The van der Waals surface area contributed by atoms with Gasteiger partial charge in [-0.05, 0) is 128 Å². The summed E-state index contributed by atoms with van der Waals surface area (Å²) < 4.78 is 3.67. The van der Waals surface area contributed by atoms with Crippen LogP contribution in [-0.4, -0.2) is 109 Å².